The Morgan fingerprint density at radius 3 is 2.64 bits per heavy atom. The smallest absolute Gasteiger partial charge is 0.427 e. The van der Waals surface area contributed by atoms with Crippen LogP contribution in [-0.4, -0.2) is 23.3 Å². The molecule has 1 aliphatic heterocycles. The van der Waals surface area contributed by atoms with Crippen molar-refractivity contribution in [2.75, 3.05) is 4.92 Å². The molecule has 2 aromatic rings. The van der Waals surface area contributed by atoms with E-state index >= 15 is 0 Å². The lowest BCUT2D eigenvalue weighted by atomic mass is 9.70. The number of pyridine rings is 1. The molecule has 0 spiro atoms. The van der Waals surface area contributed by atoms with Crippen molar-refractivity contribution in [3.63, 3.8) is 0 Å². The summed E-state index contributed by atoms with van der Waals surface area (Å²) >= 11 is 5.94. The highest BCUT2D eigenvalue weighted by molar-refractivity contribution is 6.74. The maximum absolute atomic E-state index is 13.1. The zero-order valence-electron chi connectivity index (χ0n) is 10.9. The van der Waals surface area contributed by atoms with E-state index in [9.17, 15) is 18.2 Å². The second-order valence-corrected chi connectivity index (χ2v) is 4.94. The summed E-state index contributed by atoms with van der Waals surface area (Å²) in [6, 6.07) is 6.44. The number of halogens is 4. The van der Waals surface area contributed by atoms with E-state index in [2.05, 4.69) is 10.1 Å². The zero-order valence-corrected chi connectivity index (χ0v) is 11.7. The van der Waals surface area contributed by atoms with Crippen molar-refractivity contribution < 1.29 is 18.2 Å². The van der Waals surface area contributed by atoms with Crippen LogP contribution in [0.1, 0.15) is 11.1 Å². The van der Waals surface area contributed by atoms with Crippen molar-refractivity contribution in [3.05, 3.63) is 52.8 Å². The molecule has 9 heteroatoms. The second kappa shape index (κ2) is 5.29. The summed E-state index contributed by atoms with van der Waals surface area (Å²) in [6.45, 7) is 0. The van der Waals surface area contributed by atoms with Gasteiger partial charge in [-0.1, -0.05) is 23.7 Å². The first-order chi connectivity index (χ1) is 10.4. The number of rotatable bonds is 1. The van der Waals surface area contributed by atoms with Gasteiger partial charge in [-0.15, -0.1) is 0 Å². The van der Waals surface area contributed by atoms with Crippen LogP contribution in [-0.2, 0) is 6.18 Å². The van der Waals surface area contributed by atoms with Crippen LogP contribution >= 0.6 is 11.6 Å². The summed E-state index contributed by atoms with van der Waals surface area (Å²) in [7, 11) is -1.45. The summed E-state index contributed by atoms with van der Waals surface area (Å²) in [5.41, 5.74) is -0.427. The maximum Gasteiger partial charge on any atom is 0.474 e. The highest BCUT2D eigenvalue weighted by atomic mass is 35.5. The van der Waals surface area contributed by atoms with Crippen LogP contribution in [0.4, 0.5) is 18.9 Å². The van der Waals surface area contributed by atoms with E-state index < -0.39 is 18.8 Å². The molecule has 3 rings (SSSR count). The van der Waals surface area contributed by atoms with E-state index in [-0.39, 0.29) is 16.3 Å². The normalized spacial score (nSPS) is 14.2. The van der Waals surface area contributed by atoms with E-state index in [0.717, 1.165) is 11.0 Å². The van der Waals surface area contributed by atoms with Crippen LogP contribution in [0.2, 0.25) is 5.15 Å². The van der Waals surface area contributed by atoms with Crippen LogP contribution in [0.5, 0.6) is 0 Å². The van der Waals surface area contributed by atoms with Crippen molar-refractivity contribution in [1.29, 1.82) is 0 Å². The van der Waals surface area contributed by atoms with Gasteiger partial charge in [-0.2, -0.15) is 18.3 Å². The third kappa shape index (κ3) is 2.44. The third-order valence-electron chi connectivity index (χ3n) is 3.24. The van der Waals surface area contributed by atoms with Crippen molar-refractivity contribution in [2.24, 2.45) is 5.10 Å². The van der Waals surface area contributed by atoms with E-state index in [1.165, 1.54) is 30.6 Å². The van der Waals surface area contributed by atoms with Crippen LogP contribution in [0, 0.1) is 0 Å². The summed E-state index contributed by atoms with van der Waals surface area (Å²) in [4.78, 5) is 4.71. The molecule has 4 nitrogen and oxygen atoms in total. The molecule has 0 saturated heterocycles. The van der Waals surface area contributed by atoms with Crippen molar-refractivity contribution in [2.45, 2.75) is 6.18 Å². The SMILES string of the molecule is OB1c2c(ccnc2Cl)C=NN1c1ccccc1C(F)(F)F. The fraction of sp³-hybridized carbons (Fsp3) is 0.0769. The number of hydrogen-bond acceptors (Lipinski definition) is 4. The van der Waals surface area contributed by atoms with Crippen molar-refractivity contribution in [3.8, 4) is 0 Å². The highest BCUT2D eigenvalue weighted by Crippen LogP contribution is 2.37. The van der Waals surface area contributed by atoms with Gasteiger partial charge in [0.2, 0.25) is 0 Å². The molecule has 0 unspecified atom stereocenters. The lowest BCUT2D eigenvalue weighted by molar-refractivity contribution is -0.137. The van der Waals surface area contributed by atoms with Gasteiger partial charge in [-0.3, -0.25) is 4.92 Å². The number of nitrogens with zero attached hydrogens (tertiary/aromatic N) is 3. The Bertz CT molecular complexity index is 754. The number of hydrogen-bond donors (Lipinski definition) is 1. The number of benzene rings is 1. The molecule has 22 heavy (non-hydrogen) atoms. The molecular weight excluding hydrogens is 317 g/mol. The summed E-state index contributed by atoms with van der Waals surface area (Å²) in [5, 5.41) is 14.3. The topological polar surface area (TPSA) is 48.7 Å². The molecule has 1 N–H and O–H groups in total. The van der Waals surface area contributed by atoms with Crippen LogP contribution in [0.15, 0.2) is 41.6 Å². The third-order valence-corrected chi connectivity index (χ3v) is 3.54. The molecular formula is C13H8BClF3N3O. The quantitative estimate of drug-likeness (QED) is 0.646. The average molecular weight is 325 g/mol. The van der Waals surface area contributed by atoms with Crippen LogP contribution in [0.3, 0.4) is 0 Å². The molecule has 0 saturated carbocycles. The van der Waals surface area contributed by atoms with Gasteiger partial charge in [-0.25, -0.2) is 4.98 Å². The van der Waals surface area contributed by atoms with E-state index in [1.807, 2.05) is 0 Å². The van der Waals surface area contributed by atoms with Gasteiger partial charge < -0.3 is 5.02 Å². The molecule has 2 heterocycles. The number of para-hydroxylation sites is 1. The van der Waals surface area contributed by atoms with Gasteiger partial charge in [0, 0.05) is 11.7 Å². The Balaban J connectivity index is 2.11. The second-order valence-electron chi connectivity index (χ2n) is 4.58. The van der Waals surface area contributed by atoms with Gasteiger partial charge in [0.25, 0.3) is 0 Å². The molecule has 0 aliphatic carbocycles. The Kier molecular flexibility index (Phi) is 3.58. The predicted octanol–water partition coefficient (Wildman–Crippen LogP) is 2.30. The molecule has 0 amide bonds. The summed E-state index contributed by atoms with van der Waals surface area (Å²) in [5.74, 6) is 0. The lowest BCUT2D eigenvalue weighted by Gasteiger charge is -2.28. The van der Waals surface area contributed by atoms with E-state index in [4.69, 9.17) is 11.6 Å². The zero-order chi connectivity index (χ0) is 15.9. The summed E-state index contributed by atoms with van der Waals surface area (Å²) in [6.07, 6.45) is -1.80. The fourth-order valence-electron chi connectivity index (χ4n) is 2.25. The Morgan fingerprint density at radius 2 is 1.91 bits per heavy atom. The predicted molar refractivity (Wildman–Crippen MR) is 78.4 cm³/mol. The van der Waals surface area contributed by atoms with E-state index in [0.29, 0.717) is 5.56 Å². The highest BCUT2D eigenvalue weighted by Gasteiger charge is 2.39. The molecule has 112 valence electrons. The first kappa shape index (κ1) is 14.9. The molecule has 1 aromatic heterocycles. The Labute approximate surface area is 129 Å². The fourth-order valence-corrected chi connectivity index (χ4v) is 2.51. The minimum absolute atomic E-state index is 0.0191. The molecule has 1 aromatic carbocycles. The average Bonchev–Trinajstić information content (AvgIpc) is 2.47. The van der Waals surface area contributed by atoms with Crippen LogP contribution < -0.4 is 10.4 Å². The largest absolute Gasteiger partial charge is 0.474 e. The number of alkyl halides is 3. The first-order valence-electron chi connectivity index (χ1n) is 6.21. The molecule has 0 atom stereocenters. The van der Waals surface area contributed by atoms with Gasteiger partial charge in [0.1, 0.15) is 5.15 Å². The lowest BCUT2D eigenvalue weighted by Crippen LogP contribution is -2.51. The maximum atomic E-state index is 13.1. The first-order valence-corrected chi connectivity index (χ1v) is 6.59. The molecule has 0 bridgehead atoms. The molecule has 1 aliphatic rings. The minimum Gasteiger partial charge on any atom is -0.427 e. The van der Waals surface area contributed by atoms with Crippen molar-refractivity contribution >= 4 is 36.0 Å². The Hall–Kier alpha value is -2.06. The van der Waals surface area contributed by atoms with Gasteiger partial charge in [0.15, 0.2) is 0 Å². The molecule has 0 fully saturated rings. The molecule has 0 radical (unpaired) electrons. The van der Waals surface area contributed by atoms with Crippen LogP contribution in [0.25, 0.3) is 0 Å². The minimum atomic E-state index is -4.56. The number of anilines is 1. The van der Waals surface area contributed by atoms with Crippen molar-refractivity contribution in [1.82, 2.24) is 4.98 Å². The number of hydrazone groups is 1. The number of aromatic nitrogens is 1. The standard InChI is InChI=1S/C13H8BClF3N3O/c15-12-11-8(5-6-19-12)7-20-21(14(11)22)10-4-2-1-3-9(10)13(16,17)18/h1-7,22H. The Morgan fingerprint density at radius 1 is 1.18 bits per heavy atom. The van der Waals surface area contributed by atoms with Gasteiger partial charge >= 0.3 is 13.2 Å². The number of fused-ring (bicyclic) bond motifs is 1. The van der Waals surface area contributed by atoms with Gasteiger partial charge in [-0.05, 0) is 23.8 Å². The monoisotopic (exact) mass is 325 g/mol. The van der Waals surface area contributed by atoms with Gasteiger partial charge in [0.05, 0.1) is 17.5 Å². The summed E-state index contributed by atoms with van der Waals surface area (Å²) < 4.78 is 39.3. The van der Waals surface area contributed by atoms with E-state index in [1.54, 1.807) is 6.07 Å².